The van der Waals surface area contributed by atoms with Gasteiger partial charge in [0.1, 0.15) is 5.76 Å². The second kappa shape index (κ2) is 8.72. The Morgan fingerprint density at radius 3 is 2.62 bits per heavy atom. The number of likely N-dealkylation sites (tertiary alicyclic amines) is 1. The largest absolute Gasteiger partial charge is 0.469 e. The lowest BCUT2D eigenvalue weighted by Crippen LogP contribution is -2.43. The fourth-order valence-electron chi connectivity index (χ4n) is 2.71. The second-order valence-electron chi connectivity index (χ2n) is 5.77. The van der Waals surface area contributed by atoms with E-state index in [1.165, 1.54) is 19.3 Å². The van der Waals surface area contributed by atoms with Crippen LogP contribution in [0.25, 0.3) is 0 Å². The Labute approximate surface area is 126 Å². The Hall–Kier alpha value is -1.49. The van der Waals surface area contributed by atoms with E-state index in [4.69, 9.17) is 4.42 Å². The van der Waals surface area contributed by atoms with Gasteiger partial charge in [0.05, 0.1) is 6.26 Å². The lowest BCUT2D eigenvalue weighted by molar-refractivity contribution is 0.181. The predicted octanol–water partition coefficient (Wildman–Crippen LogP) is 2.41. The van der Waals surface area contributed by atoms with E-state index < -0.39 is 0 Å². The molecule has 2 N–H and O–H groups in total. The van der Waals surface area contributed by atoms with Gasteiger partial charge in [-0.2, -0.15) is 0 Å². The van der Waals surface area contributed by atoms with Gasteiger partial charge in [-0.05, 0) is 25.0 Å². The van der Waals surface area contributed by atoms with Gasteiger partial charge in [0, 0.05) is 38.6 Å². The molecule has 1 fully saturated rings. The summed E-state index contributed by atoms with van der Waals surface area (Å²) in [4.78, 5) is 14.1. The molecule has 0 aromatic carbocycles. The van der Waals surface area contributed by atoms with E-state index in [9.17, 15) is 9.90 Å². The van der Waals surface area contributed by atoms with Crippen LogP contribution < -0.4 is 5.32 Å². The van der Waals surface area contributed by atoms with Crippen molar-refractivity contribution in [2.45, 2.75) is 38.5 Å². The molecule has 0 radical (unpaired) electrons. The number of carbonyl (C=O) groups is 1. The topological polar surface area (TPSA) is 65.7 Å². The number of aliphatic hydroxyl groups excluding tert-OH is 1. The molecular formula is C16H26N2O3. The third-order valence-corrected chi connectivity index (χ3v) is 4.01. The van der Waals surface area contributed by atoms with Crippen molar-refractivity contribution >= 4 is 6.03 Å². The Morgan fingerprint density at radius 2 is 2.00 bits per heavy atom. The van der Waals surface area contributed by atoms with Crippen LogP contribution in [0.2, 0.25) is 0 Å². The lowest BCUT2D eigenvalue weighted by atomic mass is 10.1. The van der Waals surface area contributed by atoms with E-state index in [0.29, 0.717) is 13.0 Å². The predicted molar refractivity (Wildman–Crippen MR) is 81.0 cm³/mol. The summed E-state index contributed by atoms with van der Waals surface area (Å²) in [5.41, 5.74) is 0. The number of hydrogen-bond acceptors (Lipinski definition) is 3. The highest BCUT2D eigenvalue weighted by atomic mass is 16.3. The first kappa shape index (κ1) is 15.9. The number of hydrogen-bond donors (Lipinski definition) is 2. The van der Waals surface area contributed by atoms with Gasteiger partial charge in [-0.15, -0.1) is 0 Å². The first-order chi connectivity index (χ1) is 10.3. The van der Waals surface area contributed by atoms with Crippen molar-refractivity contribution in [3.63, 3.8) is 0 Å². The van der Waals surface area contributed by atoms with Gasteiger partial charge >= 0.3 is 6.03 Å². The van der Waals surface area contributed by atoms with Crippen LogP contribution in [0.4, 0.5) is 4.79 Å². The van der Waals surface area contributed by atoms with Gasteiger partial charge in [-0.3, -0.25) is 0 Å². The molecule has 1 aromatic heterocycles. The number of nitrogens with zero attached hydrogens (tertiary/aromatic N) is 1. The van der Waals surface area contributed by atoms with Gasteiger partial charge in [0.2, 0.25) is 0 Å². The van der Waals surface area contributed by atoms with Gasteiger partial charge in [0.25, 0.3) is 0 Å². The third kappa shape index (κ3) is 5.42. The van der Waals surface area contributed by atoms with Crippen LogP contribution in [-0.2, 0) is 6.42 Å². The number of amides is 2. The number of aliphatic hydroxyl groups is 1. The summed E-state index contributed by atoms with van der Waals surface area (Å²) in [5.74, 6) is 0.837. The maximum Gasteiger partial charge on any atom is 0.317 e. The molecule has 2 heterocycles. The van der Waals surface area contributed by atoms with Gasteiger partial charge in [0.15, 0.2) is 0 Å². The summed E-state index contributed by atoms with van der Waals surface area (Å²) in [7, 11) is 0. The maximum atomic E-state index is 12.2. The summed E-state index contributed by atoms with van der Waals surface area (Å²) in [6, 6.07) is 3.72. The van der Waals surface area contributed by atoms with Gasteiger partial charge < -0.3 is 19.7 Å². The van der Waals surface area contributed by atoms with Crippen LogP contribution in [0.1, 0.15) is 37.9 Å². The SMILES string of the molecule is O=C(NC[C@H](CO)Cc1ccco1)N1CCCCCCC1. The van der Waals surface area contributed by atoms with Crippen molar-refractivity contribution in [3.8, 4) is 0 Å². The molecule has 0 aliphatic carbocycles. The number of furan rings is 1. The smallest absolute Gasteiger partial charge is 0.317 e. The summed E-state index contributed by atoms with van der Waals surface area (Å²) in [5, 5.41) is 12.4. The quantitative estimate of drug-likeness (QED) is 0.876. The van der Waals surface area contributed by atoms with E-state index in [-0.39, 0.29) is 18.6 Å². The van der Waals surface area contributed by atoms with Crippen LogP contribution in [-0.4, -0.2) is 42.3 Å². The molecule has 2 rings (SSSR count). The molecule has 1 aromatic rings. The van der Waals surface area contributed by atoms with Crippen molar-refractivity contribution in [1.82, 2.24) is 10.2 Å². The Balaban J connectivity index is 1.75. The first-order valence-electron chi connectivity index (χ1n) is 7.95. The number of carbonyl (C=O) groups excluding carboxylic acids is 1. The van der Waals surface area contributed by atoms with Crippen molar-refractivity contribution in [2.24, 2.45) is 5.92 Å². The maximum absolute atomic E-state index is 12.2. The molecule has 0 unspecified atom stereocenters. The molecule has 1 saturated heterocycles. The zero-order valence-corrected chi connectivity index (χ0v) is 12.6. The molecule has 1 aliphatic rings. The Bertz CT molecular complexity index is 398. The molecule has 21 heavy (non-hydrogen) atoms. The molecule has 1 atom stereocenters. The zero-order valence-electron chi connectivity index (χ0n) is 12.6. The molecule has 0 saturated carbocycles. The molecule has 118 valence electrons. The fraction of sp³-hybridized carbons (Fsp3) is 0.688. The van der Waals surface area contributed by atoms with Crippen molar-refractivity contribution in [2.75, 3.05) is 26.2 Å². The van der Waals surface area contributed by atoms with E-state index >= 15 is 0 Å². The average molecular weight is 294 g/mol. The second-order valence-corrected chi connectivity index (χ2v) is 5.77. The molecule has 1 aliphatic heterocycles. The van der Waals surface area contributed by atoms with E-state index in [1.54, 1.807) is 6.26 Å². The van der Waals surface area contributed by atoms with Crippen LogP contribution in [0.3, 0.4) is 0 Å². The highest BCUT2D eigenvalue weighted by Gasteiger charge is 2.17. The van der Waals surface area contributed by atoms with Crippen LogP contribution >= 0.6 is 0 Å². The zero-order chi connectivity index (χ0) is 14.9. The van der Waals surface area contributed by atoms with Gasteiger partial charge in [-0.1, -0.05) is 19.3 Å². The van der Waals surface area contributed by atoms with Crippen molar-refractivity contribution in [3.05, 3.63) is 24.2 Å². The minimum Gasteiger partial charge on any atom is -0.469 e. The normalized spacial score (nSPS) is 17.9. The minimum absolute atomic E-state index is 0.00476. The summed E-state index contributed by atoms with van der Waals surface area (Å²) in [6.45, 7) is 2.20. The monoisotopic (exact) mass is 294 g/mol. The van der Waals surface area contributed by atoms with E-state index in [0.717, 1.165) is 31.7 Å². The van der Waals surface area contributed by atoms with Crippen LogP contribution in [0, 0.1) is 5.92 Å². The Morgan fingerprint density at radius 1 is 1.29 bits per heavy atom. The highest BCUT2D eigenvalue weighted by Crippen LogP contribution is 2.11. The summed E-state index contributed by atoms with van der Waals surface area (Å²) in [6.07, 6.45) is 8.15. The highest BCUT2D eigenvalue weighted by molar-refractivity contribution is 5.74. The lowest BCUT2D eigenvalue weighted by Gasteiger charge is -2.26. The van der Waals surface area contributed by atoms with Crippen molar-refractivity contribution in [1.29, 1.82) is 0 Å². The minimum atomic E-state index is -0.00482. The fourth-order valence-corrected chi connectivity index (χ4v) is 2.71. The average Bonchev–Trinajstić information content (AvgIpc) is 2.95. The van der Waals surface area contributed by atoms with E-state index in [2.05, 4.69) is 5.32 Å². The van der Waals surface area contributed by atoms with Crippen molar-refractivity contribution < 1.29 is 14.3 Å². The number of urea groups is 1. The van der Waals surface area contributed by atoms with Gasteiger partial charge in [-0.25, -0.2) is 4.79 Å². The summed E-state index contributed by atoms with van der Waals surface area (Å²) < 4.78 is 5.29. The summed E-state index contributed by atoms with van der Waals surface area (Å²) >= 11 is 0. The molecule has 2 amide bonds. The molecule has 0 spiro atoms. The number of nitrogens with one attached hydrogen (secondary N) is 1. The van der Waals surface area contributed by atoms with Crippen LogP contribution in [0.5, 0.6) is 0 Å². The molecule has 5 heteroatoms. The van der Waals surface area contributed by atoms with E-state index in [1.807, 2.05) is 17.0 Å². The standard InChI is InChI=1S/C16H26N2O3/c19-13-14(11-15-7-6-10-21-15)12-17-16(20)18-8-4-2-1-3-5-9-18/h6-7,10,14,19H,1-5,8-9,11-13H2,(H,17,20)/t14-/m1/s1. The third-order valence-electron chi connectivity index (χ3n) is 4.01. The Kier molecular flexibility index (Phi) is 6.60. The molecular weight excluding hydrogens is 268 g/mol. The van der Waals surface area contributed by atoms with Crippen LogP contribution in [0.15, 0.2) is 22.8 Å². The number of rotatable bonds is 5. The molecule has 0 bridgehead atoms. The first-order valence-corrected chi connectivity index (χ1v) is 7.95. The molecule has 5 nitrogen and oxygen atoms in total.